The van der Waals surface area contributed by atoms with Gasteiger partial charge in [0.25, 0.3) is 0 Å². The summed E-state index contributed by atoms with van der Waals surface area (Å²) in [6, 6.07) is 6.66. The van der Waals surface area contributed by atoms with Gasteiger partial charge in [-0.15, -0.1) is 0 Å². The number of hydrogen-bond acceptors (Lipinski definition) is 3. The lowest BCUT2D eigenvalue weighted by atomic mass is 10.1. The van der Waals surface area contributed by atoms with E-state index in [1.807, 2.05) is 18.4 Å². The fourth-order valence-electron chi connectivity index (χ4n) is 1.97. The van der Waals surface area contributed by atoms with Crippen LogP contribution in [0.25, 0.3) is 0 Å². The minimum absolute atomic E-state index is 0.196. The van der Waals surface area contributed by atoms with E-state index in [2.05, 4.69) is 10.3 Å². The summed E-state index contributed by atoms with van der Waals surface area (Å²) in [6.45, 7) is 4.04. The van der Waals surface area contributed by atoms with Gasteiger partial charge in [-0.05, 0) is 38.1 Å². The van der Waals surface area contributed by atoms with Crippen LogP contribution in [0.1, 0.15) is 31.6 Å². The van der Waals surface area contributed by atoms with Crippen molar-refractivity contribution in [1.29, 1.82) is 0 Å². The SMILES string of the molecule is CC(C)n1cncc1C(Nc1ccc(Cl)cc1)C(N)=O. The van der Waals surface area contributed by atoms with Gasteiger partial charge >= 0.3 is 0 Å². The number of nitrogens with zero attached hydrogens (tertiary/aromatic N) is 2. The van der Waals surface area contributed by atoms with Crippen LogP contribution < -0.4 is 11.1 Å². The van der Waals surface area contributed by atoms with Crippen LogP contribution in [-0.2, 0) is 4.79 Å². The molecule has 0 aliphatic rings. The molecule has 0 bridgehead atoms. The van der Waals surface area contributed by atoms with Crippen LogP contribution in [0.3, 0.4) is 0 Å². The summed E-state index contributed by atoms with van der Waals surface area (Å²) in [6.07, 6.45) is 3.35. The monoisotopic (exact) mass is 292 g/mol. The number of anilines is 1. The van der Waals surface area contributed by atoms with Gasteiger partial charge in [0.15, 0.2) is 0 Å². The molecule has 5 nitrogen and oxygen atoms in total. The number of hydrogen-bond donors (Lipinski definition) is 2. The quantitative estimate of drug-likeness (QED) is 0.890. The van der Waals surface area contributed by atoms with Gasteiger partial charge in [0.2, 0.25) is 5.91 Å². The third kappa shape index (κ3) is 3.11. The van der Waals surface area contributed by atoms with Crippen LogP contribution in [0, 0.1) is 0 Å². The standard InChI is InChI=1S/C14H17ClN4O/c1-9(2)19-8-17-7-12(19)13(14(16)20)18-11-5-3-10(15)4-6-11/h3-9,13,18H,1-2H3,(H2,16,20). The topological polar surface area (TPSA) is 72.9 Å². The molecule has 1 heterocycles. The van der Waals surface area contributed by atoms with Crippen molar-refractivity contribution in [2.24, 2.45) is 5.73 Å². The van der Waals surface area contributed by atoms with E-state index >= 15 is 0 Å². The molecule has 0 saturated heterocycles. The summed E-state index contributed by atoms with van der Waals surface area (Å²) >= 11 is 5.84. The maximum Gasteiger partial charge on any atom is 0.246 e. The third-order valence-electron chi connectivity index (χ3n) is 2.99. The third-order valence-corrected chi connectivity index (χ3v) is 3.24. The van der Waals surface area contributed by atoms with Gasteiger partial charge in [-0.2, -0.15) is 0 Å². The highest BCUT2D eigenvalue weighted by atomic mass is 35.5. The Balaban J connectivity index is 2.29. The first-order valence-corrected chi connectivity index (χ1v) is 6.70. The van der Waals surface area contributed by atoms with Crippen LogP contribution in [0.15, 0.2) is 36.8 Å². The number of benzene rings is 1. The minimum Gasteiger partial charge on any atom is -0.369 e. The van der Waals surface area contributed by atoms with Gasteiger partial charge in [-0.3, -0.25) is 4.79 Å². The van der Waals surface area contributed by atoms with Crippen molar-refractivity contribution >= 4 is 23.2 Å². The first kappa shape index (κ1) is 14.4. The van der Waals surface area contributed by atoms with E-state index in [0.29, 0.717) is 5.02 Å². The number of nitrogens with two attached hydrogens (primary N) is 1. The van der Waals surface area contributed by atoms with Crippen LogP contribution in [0.4, 0.5) is 5.69 Å². The molecule has 2 rings (SSSR count). The number of carbonyl (C=O) groups excluding carboxylic acids is 1. The Bertz CT molecular complexity index is 591. The molecular weight excluding hydrogens is 276 g/mol. The Hall–Kier alpha value is -2.01. The average molecular weight is 293 g/mol. The molecule has 1 amide bonds. The molecule has 0 spiro atoms. The zero-order valence-electron chi connectivity index (χ0n) is 11.4. The van der Waals surface area contributed by atoms with Gasteiger partial charge in [-0.25, -0.2) is 4.98 Å². The van der Waals surface area contributed by atoms with E-state index in [0.717, 1.165) is 11.4 Å². The van der Waals surface area contributed by atoms with Crippen LogP contribution in [0.5, 0.6) is 0 Å². The first-order valence-electron chi connectivity index (χ1n) is 6.32. The Morgan fingerprint density at radius 1 is 1.35 bits per heavy atom. The summed E-state index contributed by atoms with van der Waals surface area (Å²) < 4.78 is 1.92. The van der Waals surface area contributed by atoms with Gasteiger partial charge in [0.05, 0.1) is 18.2 Å². The maximum absolute atomic E-state index is 11.7. The molecule has 3 N–H and O–H groups in total. The molecule has 1 aromatic heterocycles. The number of rotatable bonds is 5. The van der Waals surface area contributed by atoms with Crippen molar-refractivity contribution in [2.75, 3.05) is 5.32 Å². The van der Waals surface area contributed by atoms with Crippen molar-refractivity contribution in [2.45, 2.75) is 25.9 Å². The summed E-state index contributed by atoms with van der Waals surface area (Å²) in [7, 11) is 0. The normalized spacial score (nSPS) is 12.4. The molecule has 1 atom stereocenters. The number of imidazole rings is 1. The molecule has 2 aromatic rings. The first-order chi connectivity index (χ1) is 9.49. The van der Waals surface area contributed by atoms with Crippen molar-refractivity contribution in [3.05, 3.63) is 47.5 Å². The molecule has 6 heteroatoms. The summed E-state index contributed by atoms with van der Waals surface area (Å²) in [5.74, 6) is -0.456. The molecule has 0 radical (unpaired) electrons. The van der Waals surface area contributed by atoms with Crippen LogP contribution in [0.2, 0.25) is 5.02 Å². The zero-order valence-corrected chi connectivity index (χ0v) is 12.1. The second-order valence-electron chi connectivity index (χ2n) is 4.81. The van der Waals surface area contributed by atoms with Crippen LogP contribution >= 0.6 is 11.6 Å². The lowest BCUT2D eigenvalue weighted by Gasteiger charge is -2.20. The highest BCUT2D eigenvalue weighted by Gasteiger charge is 2.22. The highest BCUT2D eigenvalue weighted by molar-refractivity contribution is 6.30. The summed E-state index contributed by atoms with van der Waals surface area (Å²) in [5.41, 5.74) is 7.02. The van der Waals surface area contributed by atoms with Crippen molar-refractivity contribution in [3.8, 4) is 0 Å². The molecule has 0 aliphatic carbocycles. The van der Waals surface area contributed by atoms with E-state index in [-0.39, 0.29) is 6.04 Å². The van der Waals surface area contributed by atoms with E-state index in [1.165, 1.54) is 0 Å². The number of nitrogens with one attached hydrogen (secondary N) is 1. The molecule has 0 saturated carbocycles. The van der Waals surface area contributed by atoms with E-state index < -0.39 is 11.9 Å². The second kappa shape index (κ2) is 5.96. The van der Waals surface area contributed by atoms with E-state index in [1.54, 1.807) is 36.8 Å². The number of primary amides is 1. The Morgan fingerprint density at radius 3 is 2.55 bits per heavy atom. The van der Waals surface area contributed by atoms with E-state index in [4.69, 9.17) is 17.3 Å². The van der Waals surface area contributed by atoms with Gasteiger partial charge in [-0.1, -0.05) is 11.6 Å². The molecule has 1 aromatic carbocycles. The van der Waals surface area contributed by atoms with E-state index in [9.17, 15) is 4.79 Å². The zero-order chi connectivity index (χ0) is 14.7. The number of carbonyl (C=O) groups is 1. The molecule has 0 aliphatic heterocycles. The van der Waals surface area contributed by atoms with Crippen molar-refractivity contribution in [1.82, 2.24) is 9.55 Å². The molecule has 0 fully saturated rings. The lowest BCUT2D eigenvalue weighted by Crippen LogP contribution is -2.29. The molecule has 106 valence electrons. The van der Waals surface area contributed by atoms with Crippen molar-refractivity contribution in [3.63, 3.8) is 0 Å². The molecule has 1 unspecified atom stereocenters. The van der Waals surface area contributed by atoms with Crippen molar-refractivity contribution < 1.29 is 4.79 Å². The molecule has 20 heavy (non-hydrogen) atoms. The lowest BCUT2D eigenvalue weighted by molar-refractivity contribution is -0.119. The smallest absolute Gasteiger partial charge is 0.246 e. The van der Waals surface area contributed by atoms with Gasteiger partial charge < -0.3 is 15.6 Å². The number of halogens is 1. The predicted molar refractivity (Wildman–Crippen MR) is 79.6 cm³/mol. The average Bonchev–Trinajstić information content (AvgIpc) is 2.86. The Morgan fingerprint density at radius 2 is 2.00 bits per heavy atom. The summed E-state index contributed by atoms with van der Waals surface area (Å²) in [4.78, 5) is 15.8. The Labute approximate surface area is 122 Å². The van der Waals surface area contributed by atoms with Gasteiger partial charge in [0, 0.05) is 16.8 Å². The van der Waals surface area contributed by atoms with Crippen LogP contribution in [-0.4, -0.2) is 15.5 Å². The fourth-order valence-corrected chi connectivity index (χ4v) is 2.10. The fraction of sp³-hybridized carbons (Fsp3) is 0.286. The minimum atomic E-state index is -0.638. The predicted octanol–water partition coefficient (Wildman–Crippen LogP) is 2.76. The number of aromatic nitrogens is 2. The molecular formula is C14H17ClN4O. The largest absolute Gasteiger partial charge is 0.369 e. The maximum atomic E-state index is 11.7. The highest BCUT2D eigenvalue weighted by Crippen LogP contribution is 2.23. The second-order valence-corrected chi connectivity index (χ2v) is 5.24. The number of amides is 1. The Kier molecular flexibility index (Phi) is 4.29. The van der Waals surface area contributed by atoms with Gasteiger partial charge in [0.1, 0.15) is 6.04 Å². The summed E-state index contributed by atoms with van der Waals surface area (Å²) in [5, 5.41) is 3.75.